The van der Waals surface area contributed by atoms with Crippen LogP contribution in [-0.4, -0.2) is 29.0 Å². The smallest absolute Gasteiger partial charge is 0.356 e. The van der Waals surface area contributed by atoms with Gasteiger partial charge in [0.2, 0.25) is 5.91 Å². The third-order valence-electron chi connectivity index (χ3n) is 5.30. The van der Waals surface area contributed by atoms with Crippen molar-refractivity contribution in [1.29, 1.82) is 0 Å². The lowest BCUT2D eigenvalue weighted by Crippen LogP contribution is -2.41. The summed E-state index contributed by atoms with van der Waals surface area (Å²) >= 11 is 0. The van der Waals surface area contributed by atoms with Gasteiger partial charge in [0.05, 0.1) is 17.2 Å². The summed E-state index contributed by atoms with van der Waals surface area (Å²) in [5.74, 6) is 0.0882. The number of carbonyl (C=O) groups is 1. The van der Waals surface area contributed by atoms with Gasteiger partial charge in [-0.2, -0.15) is 13.2 Å². The van der Waals surface area contributed by atoms with E-state index in [-0.39, 0.29) is 17.5 Å². The van der Waals surface area contributed by atoms with Gasteiger partial charge in [-0.15, -0.1) is 0 Å². The number of alkyl halides is 3. The maximum Gasteiger partial charge on any atom is 0.416 e. The fourth-order valence-corrected chi connectivity index (χ4v) is 3.70. The zero-order valence-electron chi connectivity index (χ0n) is 16.6. The quantitative estimate of drug-likeness (QED) is 0.637. The van der Waals surface area contributed by atoms with Crippen LogP contribution in [-0.2, 0) is 11.0 Å². The summed E-state index contributed by atoms with van der Waals surface area (Å²) in [5, 5.41) is 2.64. The molecule has 3 aromatic rings. The van der Waals surface area contributed by atoms with Crippen LogP contribution in [0.3, 0.4) is 0 Å². The van der Waals surface area contributed by atoms with Crippen LogP contribution in [0.5, 0.6) is 0 Å². The van der Waals surface area contributed by atoms with Crippen molar-refractivity contribution in [1.82, 2.24) is 9.97 Å². The molecule has 1 aliphatic rings. The highest BCUT2D eigenvalue weighted by atomic mass is 19.4. The van der Waals surface area contributed by atoms with Gasteiger partial charge < -0.3 is 10.2 Å². The number of aromatic nitrogens is 2. The predicted octanol–water partition coefficient (Wildman–Crippen LogP) is 5.02. The molecule has 1 fully saturated rings. The summed E-state index contributed by atoms with van der Waals surface area (Å²) in [6, 6.07) is 16.3. The summed E-state index contributed by atoms with van der Waals surface area (Å²) < 4.78 is 38.8. The maximum atomic E-state index is 12.9. The largest absolute Gasteiger partial charge is 0.416 e. The maximum absolute atomic E-state index is 12.9. The molecular weight excluding hydrogens is 405 g/mol. The molecule has 0 saturated carbocycles. The summed E-state index contributed by atoms with van der Waals surface area (Å²) in [5.41, 5.74) is 1.12. The van der Waals surface area contributed by atoms with E-state index >= 15 is 0 Å². The monoisotopic (exact) mass is 426 g/mol. The Balaban J connectivity index is 1.46. The molecule has 1 aliphatic heterocycles. The van der Waals surface area contributed by atoms with Crippen molar-refractivity contribution < 1.29 is 18.0 Å². The molecule has 0 radical (unpaired) electrons. The fraction of sp³-hybridized carbons (Fsp3) is 0.261. The van der Waals surface area contributed by atoms with Crippen molar-refractivity contribution in [3.63, 3.8) is 0 Å². The number of benzene rings is 2. The Hall–Kier alpha value is -3.42. The van der Waals surface area contributed by atoms with Crippen LogP contribution in [0.1, 0.15) is 18.4 Å². The molecule has 160 valence electrons. The number of amides is 1. The first-order valence-electron chi connectivity index (χ1n) is 10.0. The summed E-state index contributed by atoms with van der Waals surface area (Å²) in [6.45, 7) is 1.19. The number of piperidine rings is 1. The number of carbonyl (C=O) groups excluding carboxylic acids is 1. The minimum atomic E-state index is -4.45. The number of hydrogen-bond donors (Lipinski definition) is 1. The first kappa shape index (κ1) is 20.8. The zero-order chi connectivity index (χ0) is 21.8. The third-order valence-corrected chi connectivity index (χ3v) is 5.30. The predicted molar refractivity (Wildman–Crippen MR) is 112 cm³/mol. The average molecular weight is 426 g/mol. The molecule has 2 heterocycles. The number of rotatable bonds is 4. The molecule has 8 heteroatoms. The normalized spacial score (nSPS) is 16.7. The van der Waals surface area contributed by atoms with Crippen LogP contribution in [0, 0.1) is 5.92 Å². The van der Waals surface area contributed by atoms with E-state index < -0.39 is 11.7 Å². The Bertz CT molecular complexity index is 1060. The molecule has 1 N–H and O–H groups in total. The number of nitrogens with one attached hydrogen (secondary N) is 1. The molecule has 1 unspecified atom stereocenters. The number of hydrogen-bond acceptors (Lipinski definition) is 4. The minimum absolute atomic E-state index is 0.144. The minimum Gasteiger partial charge on any atom is -0.356 e. The molecule has 0 bridgehead atoms. The second-order valence-corrected chi connectivity index (χ2v) is 7.48. The van der Waals surface area contributed by atoms with E-state index in [0.29, 0.717) is 13.0 Å². The summed E-state index contributed by atoms with van der Waals surface area (Å²) in [6.07, 6.45) is -1.50. The molecule has 1 amide bonds. The Labute approximate surface area is 178 Å². The molecular formula is C23H21F3N4O. The van der Waals surface area contributed by atoms with Crippen LogP contribution in [0.2, 0.25) is 0 Å². The number of nitrogens with zero attached hydrogens (tertiary/aromatic N) is 3. The SMILES string of the molecule is O=C(Nc1cccc(C(F)(F)F)c1)C1CCCN(c2cc(-c3ccccc3)ncn2)C1. The summed E-state index contributed by atoms with van der Waals surface area (Å²) in [7, 11) is 0. The van der Waals surface area contributed by atoms with Crippen LogP contribution < -0.4 is 10.2 Å². The highest BCUT2D eigenvalue weighted by Crippen LogP contribution is 2.31. The second-order valence-electron chi connectivity index (χ2n) is 7.48. The summed E-state index contributed by atoms with van der Waals surface area (Å²) in [4.78, 5) is 23.5. The number of anilines is 2. The molecule has 0 spiro atoms. The molecule has 4 rings (SSSR count). The molecule has 1 atom stereocenters. The lowest BCUT2D eigenvalue weighted by molar-refractivity contribution is -0.137. The molecule has 5 nitrogen and oxygen atoms in total. The zero-order valence-corrected chi connectivity index (χ0v) is 16.6. The van der Waals surface area contributed by atoms with Crippen LogP contribution in [0.4, 0.5) is 24.7 Å². The van der Waals surface area contributed by atoms with Crippen molar-refractivity contribution in [2.24, 2.45) is 5.92 Å². The lowest BCUT2D eigenvalue weighted by Gasteiger charge is -2.33. The van der Waals surface area contributed by atoms with Crippen molar-refractivity contribution in [3.05, 3.63) is 72.6 Å². The van der Waals surface area contributed by atoms with E-state index in [4.69, 9.17) is 0 Å². The first-order valence-corrected chi connectivity index (χ1v) is 10.0. The van der Waals surface area contributed by atoms with Crippen molar-refractivity contribution in [3.8, 4) is 11.3 Å². The number of halogens is 3. The molecule has 2 aromatic carbocycles. The Kier molecular flexibility index (Phi) is 5.88. The van der Waals surface area contributed by atoms with Gasteiger partial charge in [0.25, 0.3) is 0 Å². The first-order chi connectivity index (χ1) is 14.9. The van der Waals surface area contributed by atoms with Gasteiger partial charge in [-0.1, -0.05) is 36.4 Å². The van der Waals surface area contributed by atoms with Gasteiger partial charge in [-0.05, 0) is 31.0 Å². The van der Waals surface area contributed by atoms with Crippen molar-refractivity contribution >= 4 is 17.4 Å². The van der Waals surface area contributed by atoms with Crippen molar-refractivity contribution in [2.75, 3.05) is 23.3 Å². The highest BCUT2D eigenvalue weighted by molar-refractivity contribution is 5.93. The Morgan fingerprint density at radius 3 is 2.61 bits per heavy atom. The molecule has 1 aromatic heterocycles. The van der Waals surface area contributed by atoms with E-state index in [2.05, 4.69) is 15.3 Å². The van der Waals surface area contributed by atoms with Crippen molar-refractivity contribution in [2.45, 2.75) is 19.0 Å². The standard InChI is InChI=1S/C23H21F3N4O/c24-23(25,26)18-9-4-10-19(12-18)29-22(31)17-8-5-11-30(14-17)21-13-20(27-15-28-21)16-6-2-1-3-7-16/h1-4,6-7,9-10,12-13,15,17H,5,8,11,14H2,(H,29,31). The van der Waals surface area contributed by atoms with Crippen LogP contribution in [0.15, 0.2) is 67.0 Å². The Morgan fingerprint density at radius 2 is 1.84 bits per heavy atom. The van der Waals surface area contributed by atoms with Gasteiger partial charge in [0, 0.05) is 30.4 Å². The molecule has 0 aliphatic carbocycles. The van der Waals surface area contributed by atoms with E-state index in [1.165, 1.54) is 18.5 Å². The van der Waals surface area contributed by atoms with Gasteiger partial charge >= 0.3 is 6.18 Å². The molecule has 31 heavy (non-hydrogen) atoms. The van der Waals surface area contributed by atoms with E-state index in [9.17, 15) is 18.0 Å². The van der Waals surface area contributed by atoms with Gasteiger partial charge in [0.15, 0.2) is 0 Å². The average Bonchev–Trinajstić information content (AvgIpc) is 2.79. The topological polar surface area (TPSA) is 58.1 Å². The van der Waals surface area contributed by atoms with Gasteiger partial charge in [0.1, 0.15) is 12.1 Å². The van der Waals surface area contributed by atoms with E-state index in [1.807, 2.05) is 41.3 Å². The third kappa shape index (κ3) is 5.02. The molecule has 1 saturated heterocycles. The van der Waals surface area contributed by atoms with E-state index in [0.717, 1.165) is 42.2 Å². The Morgan fingerprint density at radius 1 is 1.03 bits per heavy atom. The van der Waals surface area contributed by atoms with Crippen LogP contribution in [0.25, 0.3) is 11.3 Å². The van der Waals surface area contributed by atoms with Crippen LogP contribution >= 0.6 is 0 Å². The van der Waals surface area contributed by atoms with Gasteiger partial charge in [-0.25, -0.2) is 9.97 Å². The van der Waals surface area contributed by atoms with Gasteiger partial charge in [-0.3, -0.25) is 4.79 Å². The highest BCUT2D eigenvalue weighted by Gasteiger charge is 2.31. The fourth-order valence-electron chi connectivity index (χ4n) is 3.70. The van der Waals surface area contributed by atoms with E-state index in [1.54, 1.807) is 0 Å². The lowest BCUT2D eigenvalue weighted by atomic mass is 9.97. The second kappa shape index (κ2) is 8.75.